The lowest BCUT2D eigenvalue weighted by Crippen LogP contribution is -2.34. The van der Waals surface area contributed by atoms with Crippen molar-refractivity contribution < 1.29 is 15.0 Å². The van der Waals surface area contributed by atoms with E-state index in [1.165, 1.54) is 12.3 Å². The summed E-state index contributed by atoms with van der Waals surface area (Å²) < 4.78 is 0. The number of rotatable bonds is 7. The summed E-state index contributed by atoms with van der Waals surface area (Å²) in [7, 11) is 0. The van der Waals surface area contributed by atoms with Gasteiger partial charge >= 0.3 is 5.97 Å². The Morgan fingerprint density at radius 2 is 1.95 bits per heavy atom. The van der Waals surface area contributed by atoms with E-state index in [1.54, 1.807) is 6.07 Å². The Balaban J connectivity index is 1.89. The number of pyridine rings is 1. The largest absolute Gasteiger partial charge is 0.478 e. The maximum absolute atomic E-state index is 10.7. The highest BCUT2D eigenvalue weighted by Crippen LogP contribution is 2.05. The van der Waals surface area contributed by atoms with E-state index >= 15 is 0 Å². The van der Waals surface area contributed by atoms with E-state index in [-0.39, 0.29) is 18.2 Å². The normalized spacial score (nSPS) is 12.0. The highest BCUT2D eigenvalue weighted by atomic mass is 16.4. The molecule has 0 fully saturated rings. The van der Waals surface area contributed by atoms with Gasteiger partial charge in [-0.15, -0.1) is 0 Å². The van der Waals surface area contributed by atoms with Crippen LogP contribution in [0, 0.1) is 0 Å². The van der Waals surface area contributed by atoms with Crippen molar-refractivity contribution in [2.75, 3.05) is 6.61 Å². The van der Waals surface area contributed by atoms with Gasteiger partial charge in [-0.05, 0) is 24.1 Å². The first-order valence-electron chi connectivity index (χ1n) is 6.75. The fourth-order valence-corrected chi connectivity index (χ4v) is 2.00. The number of aliphatic hydroxyl groups is 1. The molecule has 0 radical (unpaired) electrons. The van der Waals surface area contributed by atoms with Crippen LogP contribution in [0.5, 0.6) is 0 Å². The fourth-order valence-electron chi connectivity index (χ4n) is 2.00. The molecule has 5 nitrogen and oxygen atoms in total. The van der Waals surface area contributed by atoms with E-state index in [9.17, 15) is 9.90 Å². The molecule has 1 unspecified atom stereocenters. The number of aromatic carboxylic acids is 1. The first-order valence-corrected chi connectivity index (χ1v) is 6.75. The second-order valence-corrected chi connectivity index (χ2v) is 4.79. The standard InChI is InChI=1S/C16H18N2O3/c19-11-15(8-12-4-2-1-3-5-12)18-10-14-7-6-13(9-17-14)16(20)21/h1-7,9,15,18-19H,8,10-11H2,(H,20,21). The van der Waals surface area contributed by atoms with Crippen molar-refractivity contribution in [3.8, 4) is 0 Å². The van der Waals surface area contributed by atoms with Gasteiger partial charge in [0.1, 0.15) is 0 Å². The maximum atomic E-state index is 10.7. The quantitative estimate of drug-likeness (QED) is 0.718. The minimum absolute atomic E-state index is 0.0299. The second-order valence-electron chi connectivity index (χ2n) is 4.79. The van der Waals surface area contributed by atoms with Crippen LogP contribution in [-0.2, 0) is 13.0 Å². The van der Waals surface area contributed by atoms with Gasteiger partial charge in [-0.1, -0.05) is 30.3 Å². The molecule has 0 aliphatic rings. The molecule has 0 amide bonds. The van der Waals surface area contributed by atoms with Gasteiger partial charge in [-0.25, -0.2) is 4.79 Å². The Bertz CT molecular complexity index is 570. The average molecular weight is 286 g/mol. The van der Waals surface area contributed by atoms with Crippen molar-refractivity contribution >= 4 is 5.97 Å². The summed E-state index contributed by atoms with van der Waals surface area (Å²) in [5.41, 5.74) is 2.06. The SMILES string of the molecule is O=C(O)c1ccc(CNC(CO)Cc2ccccc2)nc1. The predicted octanol–water partition coefficient (Wildman–Crippen LogP) is 1.47. The van der Waals surface area contributed by atoms with Gasteiger partial charge in [0, 0.05) is 18.8 Å². The average Bonchev–Trinajstić information content (AvgIpc) is 2.52. The number of nitrogens with zero attached hydrogens (tertiary/aromatic N) is 1. The van der Waals surface area contributed by atoms with E-state index in [4.69, 9.17) is 5.11 Å². The molecule has 0 saturated carbocycles. The summed E-state index contributed by atoms with van der Waals surface area (Å²) >= 11 is 0. The Morgan fingerprint density at radius 1 is 1.19 bits per heavy atom. The molecule has 1 atom stereocenters. The van der Waals surface area contributed by atoms with Gasteiger partial charge in [0.25, 0.3) is 0 Å². The number of carboxylic acid groups (broad SMARTS) is 1. The molecule has 0 spiro atoms. The van der Waals surface area contributed by atoms with Crippen LogP contribution in [0.1, 0.15) is 21.6 Å². The fraction of sp³-hybridized carbons (Fsp3) is 0.250. The predicted molar refractivity (Wildman–Crippen MR) is 79.1 cm³/mol. The highest BCUT2D eigenvalue weighted by molar-refractivity contribution is 5.87. The molecule has 110 valence electrons. The van der Waals surface area contributed by atoms with E-state index < -0.39 is 5.97 Å². The van der Waals surface area contributed by atoms with Gasteiger partial charge in [0.2, 0.25) is 0 Å². The van der Waals surface area contributed by atoms with Crippen LogP contribution in [0.15, 0.2) is 48.7 Å². The Labute approximate surface area is 123 Å². The molecule has 1 aromatic heterocycles. The van der Waals surface area contributed by atoms with E-state index in [2.05, 4.69) is 10.3 Å². The summed E-state index contributed by atoms with van der Waals surface area (Å²) in [6.07, 6.45) is 2.06. The second kappa shape index (κ2) is 7.52. The van der Waals surface area contributed by atoms with Crippen LogP contribution in [-0.4, -0.2) is 33.8 Å². The van der Waals surface area contributed by atoms with Crippen LogP contribution in [0.25, 0.3) is 0 Å². The molecule has 21 heavy (non-hydrogen) atoms. The molecular weight excluding hydrogens is 268 g/mol. The summed E-state index contributed by atoms with van der Waals surface area (Å²) in [5, 5.41) is 21.5. The van der Waals surface area contributed by atoms with Crippen LogP contribution in [0.4, 0.5) is 0 Å². The van der Waals surface area contributed by atoms with Crippen LogP contribution >= 0.6 is 0 Å². The summed E-state index contributed by atoms with van der Waals surface area (Å²) in [4.78, 5) is 14.8. The van der Waals surface area contributed by atoms with Crippen LogP contribution in [0.2, 0.25) is 0 Å². The van der Waals surface area contributed by atoms with Crippen LogP contribution < -0.4 is 5.32 Å². The van der Waals surface area contributed by atoms with Crippen molar-refractivity contribution in [1.29, 1.82) is 0 Å². The molecule has 2 aromatic rings. The number of benzene rings is 1. The zero-order valence-corrected chi connectivity index (χ0v) is 11.6. The Morgan fingerprint density at radius 3 is 2.52 bits per heavy atom. The lowest BCUT2D eigenvalue weighted by molar-refractivity contribution is 0.0696. The Kier molecular flexibility index (Phi) is 5.43. The lowest BCUT2D eigenvalue weighted by Gasteiger charge is -2.16. The number of aliphatic hydroxyl groups excluding tert-OH is 1. The van der Waals surface area contributed by atoms with Crippen LogP contribution in [0.3, 0.4) is 0 Å². The molecular formula is C16H18N2O3. The smallest absolute Gasteiger partial charge is 0.337 e. The molecule has 1 aromatic carbocycles. The highest BCUT2D eigenvalue weighted by Gasteiger charge is 2.09. The molecule has 0 aliphatic carbocycles. The third-order valence-electron chi connectivity index (χ3n) is 3.19. The van der Waals surface area contributed by atoms with Gasteiger partial charge in [0.15, 0.2) is 0 Å². The van der Waals surface area contributed by atoms with Crippen molar-refractivity contribution in [2.45, 2.75) is 19.0 Å². The lowest BCUT2D eigenvalue weighted by atomic mass is 10.1. The van der Waals surface area contributed by atoms with Crippen molar-refractivity contribution in [2.24, 2.45) is 0 Å². The number of hydrogen-bond donors (Lipinski definition) is 3. The number of carboxylic acids is 1. The molecule has 0 saturated heterocycles. The third-order valence-corrected chi connectivity index (χ3v) is 3.19. The third kappa shape index (κ3) is 4.66. The van der Waals surface area contributed by atoms with Gasteiger partial charge < -0.3 is 15.5 Å². The van der Waals surface area contributed by atoms with Crippen molar-refractivity contribution in [3.63, 3.8) is 0 Å². The zero-order chi connectivity index (χ0) is 15.1. The minimum Gasteiger partial charge on any atom is -0.478 e. The molecule has 0 bridgehead atoms. The van der Waals surface area contributed by atoms with Gasteiger partial charge in [-0.2, -0.15) is 0 Å². The Hall–Kier alpha value is -2.24. The molecule has 1 heterocycles. The van der Waals surface area contributed by atoms with Gasteiger partial charge in [-0.3, -0.25) is 4.98 Å². The first-order chi connectivity index (χ1) is 10.2. The number of nitrogens with one attached hydrogen (secondary N) is 1. The van der Waals surface area contributed by atoms with Crippen molar-refractivity contribution in [1.82, 2.24) is 10.3 Å². The molecule has 5 heteroatoms. The van der Waals surface area contributed by atoms with Gasteiger partial charge in [0.05, 0.1) is 17.9 Å². The zero-order valence-electron chi connectivity index (χ0n) is 11.6. The molecule has 2 rings (SSSR count). The molecule has 3 N–H and O–H groups in total. The first kappa shape index (κ1) is 15.2. The van der Waals surface area contributed by atoms with E-state index in [0.29, 0.717) is 6.54 Å². The van der Waals surface area contributed by atoms with Crippen molar-refractivity contribution in [3.05, 3.63) is 65.5 Å². The maximum Gasteiger partial charge on any atom is 0.337 e. The van der Waals surface area contributed by atoms with E-state index in [1.807, 2.05) is 30.3 Å². The minimum atomic E-state index is -0.987. The number of aromatic nitrogens is 1. The summed E-state index contributed by atoms with van der Waals surface area (Å²) in [5.74, 6) is -0.987. The summed E-state index contributed by atoms with van der Waals surface area (Å²) in [6, 6.07) is 13.1. The molecule has 0 aliphatic heterocycles. The topological polar surface area (TPSA) is 82.5 Å². The number of hydrogen-bond acceptors (Lipinski definition) is 4. The monoisotopic (exact) mass is 286 g/mol. The number of carbonyl (C=O) groups is 1. The van der Waals surface area contributed by atoms with E-state index in [0.717, 1.165) is 17.7 Å². The summed E-state index contributed by atoms with van der Waals surface area (Å²) in [6.45, 7) is 0.514.